The molecule has 0 aliphatic carbocycles. The number of benzene rings is 2. The number of phenols is 2. The maximum absolute atomic E-state index is 11.1. The molecular formula is C10H8O8S2. The lowest BCUT2D eigenvalue weighted by molar-refractivity contribution is -0.432. The molecule has 108 valence electrons. The molecule has 0 fully saturated rings. The predicted molar refractivity (Wildman–Crippen MR) is 67.7 cm³/mol. The van der Waals surface area contributed by atoms with Gasteiger partial charge in [0, 0.05) is 11.0 Å². The molecule has 0 aliphatic rings. The lowest BCUT2D eigenvalue weighted by Gasteiger charge is -2.08. The van der Waals surface area contributed by atoms with Crippen LogP contribution in [0.4, 0.5) is 0 Å². The highest BCUT2D eigenvalue weighted by molar-refractivity contribution is 7.94. The van der Waals surface area contributed by atoms with E-state index >= 15 is 0 Å². The Labute approximate surface area is 117 Å². The minimum Gasteiger partial charge on any atom is -0.507 e. The van der Waals surface area contributed by atoms with Gasteiger partial charge >= 0.3 is 0 Å². The first-order valence-corrected chi connectivity index (χ1v) is 7.13. The second-order valence-corrected chi connectivity index (χ2v) is 5.88. The maximum Gasteiger partial charge on any atom is 0.294 e. The topological polar surface area (TPSA) is 134 Å². The van der Waals surface area contributed by atoms with Gasteiger partial charge in [-0.25, -0.2) is 5.26 Å². The van der Waals surface area contributed by atoms with Crippen molar-refractivity contribution in [3.63, 3.8) is 0 Å². The summed E-state index contributed by atoms with van der Waals surface area (Å²) in [5.41, 5.74) is 0. The first-order chi connectivity index (χ1) is 9.32. The molecule has 0 saturated heterocycles. The molecule has 0 unspecified atom stereocenters. The second kappa shape index (κ2) is 5.44. The Morgan fingerprint density at radius 2 is 1.70 bits per heavy atom. The van der Waals surface area contributed by atoms with Crippen LogP contribution in [0.15, 0.2) is 34.1 Å². The van der Waals surface area contributed by atoms with Gasteiger partial charge in [0.2, 0.25) is 0 Å². The lowest BCUT2D eigenvalue weighted by Crippen LogP contribution is -1.97. The number of aromatic hydroxyl groups is 2. The number of rotatable bonds is 4. The van der Waals surface area contributed by atoms with Gasteiger partial charge in [0.25, 0.3) is 10.1 Å². The van der Waals surface area contributed by atoms with Gasteiger partial charge in [0.05, 0.1) is 22.3 Å². The Hall–Kier alpha value is -1.56. The minimum absolute atomic E-state index is 0.00617. The van der Waals surface area contributed by atoms with Gasteiger partial charge in [-0.2, -0.15) is 8.42 Å². The van der Waals surface area contributed by atoms with Crippen molar-refractivity contribution in [2.75, 3.05) is 0 Å². The van der Waals surface area contributed by atoms with Crippen LogP contribution in [0.5, 0.6) is 11.5 Å². The third-order valence-electron chi connectivity index (χ3n) is 2.41. The van der Waals surface area contributed by atoms with Crippen LogP contribution in [0.2, 0.25) is 0 Å². The van der Waals surface area contributed by atoms with Gasteiger partial charge in [-0.15, -0.1) is 4.33 Å². The van der Waals surface area contributed by atoms with Crippen LogP contribution in [-0.4, -0.2) is 28.4 Å². The van der Waals surface area contributed by atoms with E-state index in [9.17, 15) is 18.6 Å². The Bertz CT molecular complexity index is 755. The SMILES string of the molecule is O=S(=O)(O)c1cc(O)c2c(O)cc(SOOO)cc2c1. The van der Waals surface area contributed by atoms with Crippen molar-refractivity contribution < 1.29 is 37.8 Å². The van der Waals surface area contributed by atoms with E-state index in [0.717, 1.165) is 12.1 Å². The van der Waals surface area contributed by atoms with E-state index in [-0.39, 0.29) is 21.4 Å². The Balaban J connectivity index is 2.67. The third kappa shape index (κ3) is 2.95. The van der Waals surface area contributed by atoms with E-state index in [1.165, 1.54) is 12.1 Å². The molecule has 0 heterocycles. The Kier molecular flexibility index (Phi) is 4.04. The summed E-state index contributed by atoms with van der Waals surface area (Å²) in [7, 11) is -4.50. The summed E-state index contributed by atoms with van der Waals surface area (Å²) in [6.45, 7) is 0. The number of fused-ring (bicyclic) bond motifs is 1. The van der Waals surface area contributed by atoms with Crippen molar-refractivity contribution in [1.29, 1.82) is 0 Å². The van der Waals surface area contributed by atoms with Crippen LogP contribution in [0.25, 0.3) is 10.8 Å². The summed E-state index contributed by atoms with van der Waals surface area (Å²) >= 11 is 0.543. The molecule has 2 aromatic rings. The summed E-state index contributed by atoms with van der Waals surface area (Å²) in [5, 5.41) is 31.1. The van der Waals surface area contributed by atoms with E-state index in [0.29, 0.717) is 12.0 Å². The van der Waals surface area contributed by atoms with Crippen LogP contribution in [0.3, 0.4) is 0 Å². The Morgan fingerprint density at radius 1 is 1.05 bits per heavy atom. The normalized spacial score (nSPS) is 11.9. The summed E-state index contributed by atoms with van der Waals surface area (Å²) in [6, 6.07) is 4.44. The summed E-state index contributed by atoms with van der Waals surface area (Å²) in [5.74, 6) is -0.852. The van der Waals surface area contributed by atoms with Crippen LogP contribution in [0, 0.1) is 0 Å². The fourth-order valence-corrected chi connectivity index (χ4v) is 2.65. The van der Waals surface area contributed by atoms with Crippen molar-refractivity contribution in [1.82, 2.24) is 0 Å². The molecule has 8 nitrogen and oxygen atoms in total. The van der Waals surface area contributed by atoms with E-state index in [1.807, 2.05) is 0 Å². The van der Waals surface area contributed by atoms with Gasteiger partial charge < -0.3 is 10.2 Å². The molecule has 0 bridgehead atoms. The highest BCUT2D eigenvalue weighted by atomic mass is 32.2. The van der Waals surface area contributed by atoms with Crippen LogP contribution in [-0.2, 0) is 19.5 Å². The van der Waals surface area contributed by atoms with Crippen molar-refractivity contribution in [3.8, 4) is 11.5 Å². The number of phenolic OH excluding ortho intramolecular Hbond substituents is 2. The first kappa shape index (κ1) is 14.8. The maximum atomic E-state index is 11.1. The zero-order valence-electron chi connectivity index (χ0n) is 9.55. The van der Waals surface area contributed by atoms with Gasteiger partial charge in [-0.05, 0) is 23.6 Å². The fourth-order valence-electron chi connectivity index (χ4n) is 1.67. The predicted octanol–water partition coefficient (Wildman–Crippen LogP) is 1.93. The van der Waals surface area contributed by atoms with E-state index in [4.69, 9.17) is 9.81 Å². The van der Waals surface area contributed by atoms with Crippen molar-refractivity contribution >= 4 is 32.9 Å². The molecule has 4 N–H and O–H groups in total. The molecule has 0 radical (unpaired) electrons. The van der Waals surface area contributed by atoms with Gasteiger partial charge in [-0.1, -0.05) is 5.04 Å². The van der Waals surface area contributed by atoms with E-state index < -0.39 is 20.8 Å². The molecule has 0 amide bonds. The van der Waals surface area contributed by atoms with Crippen molar-refractivity contribution in [2.45, 2.75) is 9.79 Å². The zero-order valence-corrected chi connectivity index (χ0v) is 11.2. The minimum atomic E-state index is -4.50. The molecule has 2 aromatic carbocycles. The Morgan fingerprint density at radius 3 is 2.30 bits per heavy atom. The summed E-state index contributed by atoms with van der Waals surface area (Å²) in [4.78, 5) is -0.265. The number of hydrogen-bond acceptors (Lipinski definition) is 8. The third-order valence-corrected chi connectivity index (χ3v) is 3.80. The number of hydrogen-bond donors (Lipinski definition) is 4. The van der Waals surface area contributed by atoms with Crippen LogP contribution < -0.4 is 0 Å². The summed E-state index contributed by atoms with van der Waals surface area (Å²) in [6.07, 6.45) is 0. The lowest BCUT2D eigenvalue weighted by atomic mass is 10.1. The monoisotopic (exact) mass is 320 g/mol. The molecule has 0 spiro atoms. The fraction of sp³-hybridized carbons (Fsp3) is 0. The highest BCUT2D eigenvalue weighted by Crippen LogP contribution is 2.38. The summed E-state index contributed by atoms with van der Waals surface area (Å²) < 4.78 is 35.3. The molecule has 2 rings (SSSR count). The standard InChI is InChI=1S/C10H8O8S2/c11-8-3-6(19-18-17-13)1-5-2-7(20(14,15)16)4-9(12)10(5)8/h1-4,11-13H,(H,14,15,16). The van der Waals surface area contributed by atoms with E-state index in [2.05, 4.69) is 9.37 Å². The van der Waals surface area contributed by atoms with Gasteiger partial charge in [0.1, 0.15) is 11.5 Å². The highest BCUT2D eigenvalue weighted by Gasteiger charge is 2.16. The molecular weight excluding hydrogens is 312 g/mol. The van der Waals surface area contributed by atoms with Gasteiger partial charge in [0.15, 0.2) is 0 Å². The molecule has 10 heteroatoms. The smallest absolute Gasteiger partial charge is 0.294 e. The van der Waals surface area contributed by atoms with Crippen molar-refractivity contribution in [2.24, 2.45) is 0 Å². The average molecular weight is 320 g/mol. The molecule has 0 aromatic heterocycles. The zero-order chi connectivity index (χ0) is 14.9. The quantitative estimate of drug-likeness (QED) is 0.288. The molecule has 0 saturated carbocycles. The molecule has 0 atom stereocenters. The van der Waals surface area contributed by atoms with Gasteiger partial charge in [-0.3, -0.25) is 4.55 Å². The van der Waals surface area contributed by atoms with Crippen LogP contribution >= 0.6 is 12.0 Å². The largest absolute Gasteiger partial charge is 0.507 e. The van der Waals surface area contributed by atoms with Crippen LogP contribution in [0.1, 0.15) is 0 Å². The second-order valence-electron chi connectivity index (χ2n) is 3.68. The molecule has 20 heavy (non-hydrogen) atoms. The molecule has 0 aliphatic heterocycles. The van der Waals surface area contributed by atoms with Crippen molar-refractivity contribution in [3.05, 3.63) is 24.3 Å². The first-order valence-electron chi connectivity index (χ1n) is 4.95. The van der Waals surface area contributed by atoms with E-state index in [1.54, 1.807) is 0 Å². The average Bonchev–Trinajstić information content (AvgIpc) is 2.34.